The predicted octanol–water partition coefficient (Wildman–Crippen LogP) is 3.73. The van der Waals surface area contributed by atoms with E-state index >= 15 is 0 Å². The summed E-state index contributed by atoms with van der Waals surface area (Å²) in [6, 6.07) is 0. The molecule has 1 heteroatoms. The second-order valence-electron chi connectivity index (χ2n) is 3.78. The molecular weight excluding hydrogens is 151 g/mol. The normalized spacial score (nSPS) is 26.3. The van der Waals surface area contributed by atoms with E-state index < -0.39 is 0 Å². The number of hydrogen-bond donors (Lipinski definition) is 0. The van der Waals surface area contributed by atoms with Crippen molar-refractivity contribution in [3.05, 3.63) is 16.6 Å². The Bertz CT molecular complexity index is 225. The zero-order chi connectivity index (χ0) is 8.65. The summed E-state index contributed by atoms with van der Waals surface area (Å²) >= 11 is 0. The zero-order valence-corrected chi connectivity index (χ0v) is 9.05. The summed E-state index contributed by atoms with van der Waals surface area (Å²) in [5, 5.41) is 2.11. The monoisotopic (exact) mass is 168 g/mol. The van der Waals surface area contributed by atoms with Crippen molar-refractivity contribution in [3.63, 3.8) is 0 Å². The van der Waals surface area contributed by atoms with Crippen LogP contribution in [-0.4, -0.2) is 11.3 Å². The maximum atomic E-state index is 3.47. The Morgan fingerprint density at radius 3 is 2.27 bits per heavy atom. The summed E-state index contributed by atoms with van der Waals surface area (Å²) in [4.78, 5) is 0. The molecule has 1 fully saturated rings. The van der Waals surface area contributed by atoms with Crippen molar-refractivity contribution in [3.8, 4) is 0 Å². The van der Waals surface area contributed by atoms with Crippen LogP contribution in [0.1, 0.15) is 34.6 Å². The van der Waals surface area contributed by atoms with E-state index in [9.17, 15) is 0 Å². The lowest BCUT2D eigenvalue weighted by atomic mass is 10.2. The Morgan fingerprint density at radius 1 is 1.45 bits per heavy atom. The lowest BCUT2D eigenvalue weighted by Crippen LogP contribution is -1.89. The Hall–Kier alpha value is -0.0500. The van der Waals surface area contributed by atoms with Crippen LogP contribution >= 0.6 is 7.92 Å². The molecule has 0 saturated carbocycles. The molecule has 62 valence electrons. The lowest BCUT2D eigenvalue weighted by Gasteiger charge is -1.93. The minimum atomic E-state index is 0.197. The van der Waals surface area contributed by atoms with E-state index in [1.54, 1.807) is 5.31 Å². The average molecular weight is 168 g/mol. The highest BCUT2D eigenvalue weighted by Gasteiger charge is 2.50. The van der Waals surface area contributed by atoms with Crippen LogP contribution in [0.15, 0.2) is 16.6 Å². The van der Waals surface area contributed by atoms with Crippen LogP contribution in [0.3, 0.4) is 0 Å². The molecule has 1 unspecified atom stereocenters. The lowest BCUT2D eigenvalue weighted by molar-refractivity contribution is 0.948. The van der Waals surface area contributed by atoms with Crippen molar-refractivity contribution in [1.29, 1.82) is 0 Å². The van der Waals surface area contributed by atoms with Crippen LogP contribution in [0.25, 0.3) is 0 Å². The minimum Gasteiger partial charge on any atom is -0.117 e. The van der Waals surface area contributed by atoms with Gasteiger partial charge in [0.1, 0.15) is 0 Å². The smallest absolute Gasteiger partial charge is 0.0219 e. The highest BCUT2D eigenvalue weighted by molar-refractivity contribution is 7.73. The van der Waals surface area contributed by atoms with Gasteiger partial charge in [-0.1, -0.05) is 28.7 Å². The molecule has 0 aromatic rings. The van der Waals surface area contributed by atoms with Crippen LogP contribution in [0.5, 0.6) is 0 Å². The Morgan fingerprint density at radius 2 is 2.00 bits per heavy atom. The number of allylic oxidation sites excluding steroid dienone is 1. The van der Waals surface area contributed by atoms with Gasteiger partial charge in [0.2, 0.25) is 0 Å². The molecule has 1 aliphatic rings. The van der Waals surface area contributed by atoms with Gasteiger partial charge in [0.25, 0.3) is 0 Å². The van der Waals surface area contributed by atoms with Crippen LogP contribution in [0, 0.1) is 0 Å². The van der Waals surface area contributed by atoms with Gasteiger partial charge < -0.3 is 0 Å². The van der Waals surface area contributed by atoms with Crippen molar-refractivity contribution in [2.75, 3.05) is 6.16 Å². The van der Waals surface area contributed by atoms with Crippen molar-refractivity contribution < 1.29 is 0 Å². The van der Waals surface area contributed by atoms with Crippen LogP contribution < -0.4 is 0 Å². The topological polar surface area (TPSA) is 0 Å². The van der Waals surface area contributed by atoms with Gasteiger partial charge in [-0.15, -0.1) is 5.73 Å². The Kier molecular flexibility index (Phi) is 2.28. The number of hydrogen-bond acceptors (Lipinski definition) is 0. The molecule has 1 rings (SSSR count). The quantitative estimate of drug-likeness (QED) is 0.413. The molecule has 1 heterocycles. The van der Waals surface area contributed by atoms with Gasteiger partial charge in [0, 0.05) is 10.5 Å². The summed E-state index contributed by atoms with van der Waals surface area (Å²) in [5.74, 6) is 0. The van der Waals surface area contributed by atoms with Crippen LogP contribution in [0.4, 0.5) is 0 Å². The Labute approximate surface area is 71.1 Å². The summed E-state index contributed by atoms with van der Waals surface area (Å²) in [6.45, 7) is 11.2. The van der Waals surface area contributed by atoms with E-state index in [4.69, 9.17) is 0 Å². The van der Waals surface area contributed by atoms with Gasteiger partial charge in [0.05, 0.1) is 0 Å². The highest BCUT2D eigenvalue weighted by Crippen LogP contribution is 2.78. The largest absolute Gasteiger partial charge is 0.117 e. The fraction of sp³-hybridized carbons (Fsp3) is 0.700. The van der Waals surface area contributed by atoms with Gasteiger partial charge in [-0.2, -0.15) is 0 Å². The molecule has 0 spiro atoms. The molecule has 11 heavy (non-hydrogen) atoms. The average Bonchev–Trinajstić information content (AvgIpc) is 2.33. The summed E-state index contributed by atoms with van der Waals surface area (Å²) < 4.78 is 0. The summed E-state index contributed by atoms with van der Waals surface area (Å²) in [6.07, 6.45) is 1.33. The Balaban J connectivity index is 2.91. The second kappa shape index (κ2) is 2.77. The summed E-state index contributed by atoms with van der Waals surface area (Å²) in [7, 11) is 0.197. The molecule has 1 aliphatic heterocycles. The predicted molar refractivity (Wildman–Crippen MR) is 53.4 cm³/mol. The fourth-order valence-corrected chi connectivity index (χ4v) is 4.20. The van der Waals surface area contributed by atoms with Gasteiger partial charge in [0.15, 0.2) is 0 Å². The molecule has 1 saturated heterocycles. The standard InChI is InChI=1S/C10H17P/c1-6-11-9(7-8(2)3)10(11,4)5/h6H2,1-5H3. The van der Waals surface area contributed by atoms with E-state index in [0.29, 0.717) is 5.16 Å². The maximum Gasteiger partial charge on any atom is 0.0219 e. The van der Waals surface area contributed by atoms with Crippen molar-refractivity contribution >= 4 is 7.92 Å². The first kappa shape index (κ1) is 9.04. The molecule has 0 aliphatic carbocycles. The maximum absolute atomic E-state index is 3.47. The first-order valence-corrected chi connectivity index (χ1v) is 5.75. The van der Waals surface area contributed by atoms with Crippen LogP contribution in [0.2, 0.25) is 0 Å². The van der Waals surface area contributed by atoms with E-state index in [1.807, 2.05) is 0 Å². The molecule has 0 nitrogen and oxygen atoms in total. The van der Waals surface area contributed by atoms with Gasteiger partial charge in [-0.3, -0.25) is 0 Å². The van der Waals surface area contributed by atoms with Crippen molar-refractivity contribution in [2.24, 2.45) is 0 Å². The third-order valence-electron chi connectivity index (χ3n) is 2.16. The molecule has 0 bridgehead atoms. The highest BCUT2D eigenvalue weighted by atomic mass is 31.1. The van der Waals surface area contributed by atoms with Crippen LogP contribution in [-0.2, 0) is 0 Å². The van der Waals surface area contributed by atoms with E-state index in [0.717, 1.165) is 0 Å². The third kappa shape index (κ3) is 1.58. The van der Waals surface area contributed by atoms with Gasteiger partial charge >= 0.3 is 0 Å². The van der Waals surface area contributed by atoms with E-state index in [2.05, 4.69) is 40.3 Å². The number of rotatable bonds is 1. The molecule has 0 aromatic heterocycles. The molecule has 0 radical (unpaired) electrons. The minimum absolute atomic E-state index is 0.197. The van der Waals surface area contributed by atoms with Gasteiger partial charge in [-0.25, -0.2) is 0 Å². The fourth-order valence-electron chi connectivity index (χ4n) is 1.50. The van der Waals surface area contributed by atoms with Gasteiger partial charge in [-0.05, 0) is 25.6 Å². The molecule has 0 N–H and O–H groups in total. The molecule has 1 atom stereocenters. The van der Waals surface area contributed by atoms with E-state index in [1.165, 1.54) is 11.7 Å². The first-order valence-electron chi connectivity index (χ1n) is 4.22. The molecule has 0 amide bonds. The van der Waals surface area contributed by atoms with E-state index in [-0.39, 0.29) is 7.92 Å². The first-order chi connectivity index (χ1) is 5.00. The third-order valence-corrected chi connectivity index (χ3v) is 5.35. The SMILES string of the molecule is CCP1C(=C=C(C)C)C1(C)C. The zero-order valence-electron chi connectivity index (χ0n) is 8.15. The second-order valence-corrected chi connectivity index (χ2v) is 6.83. The van der Waals surface area contributed by atoms with Crippen molar-refractivity contribution in [2.45, 2.75) is 39.8 Å². The van der Waals surface area contributed by atoms with Crippen molar-refractivity contribution in [1.82, 2.24) is 0 Å². The molecule has 0 aromatic carbocycles. The summed E-state index contributed by atoms with van der Waals surface area (Å²) in [5.41, 5.74) is 4.80. The molecular formula is C10H17P.